The van der Waals surface area contributed by atoms with Crippen LogP contribution in [-0.4, -0.2) is 73.7 Å². The molecule has 4 aromatic carbocycles. The maximum absolute atomic E-state index is 14.7. The molecular formula is C51H57N5O10S. The highest BCUT2D eigenvalue weighted by atomic mass is 32.2. The molecule has 2 fully saturated rings. The molecule has 6 atom stereocenters. The topological polar surface area (TPSA) is 200 Å². The van der Waals surface area contributed by atoms with E-state index >= 15 is 0 Å². The summed E-state index contributed by atoms with van der Waals surface area (Å²) in [6.07, 6.45) is 0.392. The Morgan fingerprint density at radius 3 is 2.27 bits per heavy atom. The zero-order valence-electron chi connectivity index (χ0n) is 38.4. The molecule has 4 amide bonds. The van der Waals surface area contributed by atoms with Crippen LogP contribution in [0.1, 0.15) is 59.4 Å². The van der Waals surface area contributed by atoms with Crippen LogP contribution in [0.2, 0.25) is 0 Å². The average Bonchev–Trinajstić information content (AvgIpc) is 3.88. The van der Waals surface area contributed by atoms with Gasteiger partial charge in [0, 0.05) is 47.5 Å². The predicted molar refractivity (Wildman–Crippen MR) is 253 cm³/mol. The molecule has 0 bridgehead atoms. The van der Waals surface area contributed by atoms with E-state index in [2.05, 4.69) is 27.3 Å². The minimum Gasteiger partial charge on any atom is -0.497 e. The smallest absolute Gasteiger partial charge is 0.408 e. The number of sulfonamides is 1. The number of hydrogen-bond donors (Lipinski definition) is 4. The fourth-order valence-corrected chi connectivity index (χ4v) is 9.28. The van der Waals surface area contributed by atoms with E-state index in [0.717, 1.165) is 11.1 Å². The van der Waals surface area contributed by atoms with Gasteiger partial charge in [-0.05, 0) is 69.4 Å². The zero-order chi connectivity index (χ0) is 48.1. The number of pyridine rings is 1. The van der Waals surface area contributed by atoms with Gasteiger partial charge >= 0.3 is 6.09 Å². The lowest BCUT2D eigenvalue weighted by Gasteiger charge is -2.28. The molecule has 5 aromatic rings. The van der Waals surface area contributed by atoms with Crippen LogP contribution in [0.4, 0.5) is 4.79 Å². The summed E-state index contributed by atoms with van der Waals surface area (Å²) in [6, 6.07) is 30.1. The molecule has 1 aromatic heterocycles. The number of amides is 4. The lowest BCUT2D eigenvalue weighted by Crippen LogP contribution is -2.57. The summed E-state index contributed by atoms with van der Waals surface area (Å²) in [6.45, 7) is 12.7. The second-order valence-corrected chi connectivity index (χ2v) is 19.9. The third kappa shape index (κ3) is 11.5. The molecule has 15 nitrogen and oxygen atoms in total. The van der Waals surface area contributed by atoms with E-state index in [0.29, 0.717) is 28.1 Å². The van der Waals surface area contributed by atoms with Gasteiger partial charge in [0.2, 0.25) is 11.8 Å². The quantitative estimate of drug-likeness (QED) is 0.0685. The van der Waals surface area contributed by atoms with Gasteiger partial charge in [0.15, 0.2) is 0 Å². The number of fused-ring (bicyclic) bond motifs is 1. The Kier molecular flexibility index (Phi) is 14.2. The number of rotatable bonds is 17. The largest absolute Gasteiger partial charge is 0.497 e. The van der Waals surface area contributed by atoms with Crippen molar-refractivity contribution in [3.63, 3.8) is 0 Å². The first kappa shape index (κ1) is 48.0. The summed E-state index contributed by atoms with van der Waals surface area (Å²) in [7, 11) is -2.88. The monoisotopic (exact) mass is 931 g/mol. The summed E-state index contributed by atoms with van der Waals surface area (Å²) in [5, 5.41) is 9.24. The van der Waals surface area contributed by atoms with Crippen LogP contribution in [0, 0.1) is 17.8 Å². The van der Waals surface area contributed by atoms with Gasteiger partial charge in [-0.15, -0.1) is 6.58 Å². The Labute approximate surface area is 391 Å². The van der Waals surface area contributed by atoms with Gasteiger partial charge < -0.3 is 34.9 Å². The molecular weight excluding hydrogens is 875 g/mol. The van der Waals surface area contributed by atoms with Gasteiger partial charge in [-0.1, -0.05) is 86.7 Å². The Balaban J connectivity index is 1.15. The van der Waals surface area contributed by atoms with Crippen LogP contribution in [0.3, 0.4) is 0 Å². The third-order valence-corrected chi connectivity index (χ3v) is 13.1. The van der Waals surface area contributed by atoms with Crippen LogP contribution in [0.15, 0.2) is 127 Å². The highest BCUT2D eigenvalue weighted by Gasteiger charge is 2.61. The number of carbonyl (C=O) groups excluding carboxylic acids is 4. The number of ether oxygens (including phenoxy) is 4. The first-order chi connectivity index (χ1) is 31.9. The second kappa shape index (κ2) is 19.9. The van der Waals surface area contributed by atoms with E-state index in [1.165, 1.54) is 24.3 Å². The van der Waals surface area contributed by atoms with Crippen LogP contribution in [-0.2, 0) is 35.8 Å². The molecule has 7 rings (SSSR count). The van der Waals surface area contributed by atoms with E-state index in [1.54, 1.807) is 59.9 Å². The molecule has 1 unspecified atom stereocenters. The molecule has 16 heteroatoms. The Morgan fingerprint density at radius 1 is 0.896 bits per heavy atom. The Morgan fingerprint density at radius 2 is 1.61 bits per heavy atom. The van der Waals surface area contributed by atoms with Crippen LogP contribution < -0.4 is 34.9 Å². The molecule has 0 spiro atoms. The number of nitrogens with zero attached hydrogens (tertiary/aromatic N) is 1. The first-order valence-corrected chi connectivity index (χ1v) is 23.7. The van der Waals surface area contributed by atoms with Gasteiger partial charge in [0.25, 0.3) is 15.9 Å². The Hall–Kier alpha value is -6.94. The second-order valence-electron chi connectivity index (χ2n) is 18.2. The molecule has 2 aliphatic carbocycles. The molecule has 67 heavy (non-hydrogen) atoms. The SMILES string of the molecule is C=C[C@@H]1C[C@]1(NC(=O)[C@@H]1C[C@@H](Oc2cc(-c3ccccc3)nc3cc(OC)ccc23)C[C@@H]1NC(=O)C(NC(=O)OC(C)(C)C)C(C)C)C(=O)NS(=O)(=O)c1cccc(OCc2ccccc2)c1. The highest BCUT2D eigenvalue weighted by Crippen LogP contribution is 2.46. The standard InChI is InChI=1S/C51H57N5O10S/c1-8-34-29-51(34,48(59)56-67(61,62)38-21-15-20-36(24-38)64-30-32-16-11-9-12-17-32)55-46(57)40-25-37(27-43(40)53-47(58)45(31(2)3)54-49(60)66-50(4,5)6)65-44-28-41(33-18-13-10-14-19-33)52-42-26-35(63-7)22-23-39(42)44/h8-24,26,28,31,34,37,40,43,45H,1,25,27,29-30H2,2-7H3,(H,53,58)(H,54,60)(H,55,57)(H,56,59)/t34-,37-,40-,43+,45?,51-/m1/s1. The molecule has 1 heterocycles. The maximum atomic E-state index is 14.7. The molecule has 2 saturated carbocycles. The van der Waals surface area contributed by atoms with Gasteiger partial charge in [-0.3, -0.25) is 14.4 Å². The minimum absolute atomic E-state index is 0.0808. The molecule has 0 saturated heterocycles. The van der Waals surface area contributed by atoms with Crippen LogP contribution in [0.5, 0.6) is 17.2 Å². The Bertz CT molecular complexity index is 2750. The number of alkyl carbamates (subject to hydrolysis) is 1. The molecule has 0 aliphatic heterocycles. The summed E-state index contributed by atoms with van der Waals surface area (Å²) >= 11 is 0. The minimum atomic E-state index is -4.45. The van der Waals surface area contributed by atoms with Crippen molar-refractivity contribution in [3.8, 4) is 28.5 Å². The molecule has 0 radical (unpaired) electrons. The first-order valence-electron chi connectivity index (χ1n) is 22.2. The maximum Gasteiger partial charge on any atom is 0.408 e. The van der Waals surface area contributed by atoms with Gasteiger partial charge in [0.05, 0.1) is 29.1 Å². The van der Waals surface area contributed by atoms with E-state index in [1.807, 2.05) is 72.8 Å². The molecule has 4 N–H and O–H groups in total. The van der Waals surface area contributed by atoms with Crippen molar-refractivity contribution < 1.29 is 46.5 Å². The summed E-state index contributed by atoms with van der Waals surface area (Å²) in [5.74, 6) is -2.71. The van der Waals surface area contributed by atoms with Crippen molar-refractivity contribution in [2.24, 2.45) is 17.8 Å². The van der Waals surface area contributed by atoms with Crippen LogP contribution >= 0.6 is 0 Å². The third-order valence-electron chi connectivity index (χ3n) is 11.8. The van der Waals surface area contributed by atoms with Crippen molar-refractivity contribution in [2.75, 3.05) is 7.11 Å². The predicted octanol–water partition coefficient (Wildman–Crippen LogP) is 7.25. The fraction of sp³-hybridized carbons (Fsp3) is 0.353. The number of benzene rings is 4. The zero-order valence-corrected chi connectivity index (χ0v) is 39.2. The number of nitrogens with one attached hydrogen (secondary N) is 4. The summed E-state index contributed by atoms with van der Waals surface area (Å²) in [4.78, 5) is 60.5. The van der Waals surface area contributed by atoms with Crippen molar-refractivity contribution in [3.05, 3.63) is 127 Å². The van der Waals surface area contributed by atoms with E-state index in [-0.39, 0.29) is 42.4 Å². The number of carbonyl (C=O) groups is 4. The summed E-state index contributed by atoms with van der Waals surface area (Å²) in [5.41, 5.74) is 0.496. The number of hydrogen-bond acceptors (Lipinski definition) is 11. The van der Waals surface area contributed by atoms with E-state index in [4.69, 9.17) is 23.9 Å². The van der Waals surface area contributed by atoms with Crippen molar-refractivity contribution in [2.45, 2.75) is 94.7 Å². The average molecular weight is 932 g/mol. The normalized spacial score (nSPS) is 20.5. The highest BCUT2D eigenvalue weighted by molar-refractivity contribution is 7.90. The lowest BCUT2D eigenvalue weighted by atomic mass is 9.99. The van der Waals surface area contributed by atoms with Gasteiger partial charge in [0.1, 0.15) is 47.1 Å². The molecule has 2 aliphatic rings. The number of methoxy groups -OCH3 is 1. The van der Waals surface area contributed by atoms with E-state index < -0.39 is 75.0 Å². The molecule has 352 valence electrons. The van der Waals surface area contributed by atoms with E-state index in [9.17, 15) is 27.6 Å². The van der Waals surface area contributed by atoms with Gasteiger partial charge in [-0.25, -0.2) is 22.9 Å². The van der Waals surface area contributed by atoms with Crippen molar-refractivity contribution >= 4 is 44.7 Å². The van der Waals surface area contributed by atoms with Crippen molar-refractivity contribution in [1.82, 2.24) is 25.7 Å². The van der Waals surface area contributed by atoms with Gasteiger partial charge in [-0.2, -0.15) is 0 Å². The summed E-state index contributed by atoms with van der Waals surface area (Å²) < 4.78 is 53.2. The number of aromatic nitrogens is 1. The fourth-order valence-electron chi connectivity index (χ4n) is 8.21. The van der Waals surface area contributed by atoms with Crippen LogP contribution in [0.25, 0.3) is 22.2 Å². The van der Waals surface area contributed by atoms with Crippen molar-refractivity contribution in [1.29, 1.82) is 0 Å². The lowest BCUT2D eigenvalue weighted by molar-refractivity contribution is -0.132.